The third-order valence-corrected chi connectivity index (χ3v) is 8.70. The number of rotatable bonds is 6. The van der Waals surface area contributed by atoms with Gasteiger partial charge in [0.05, 0.1) is 11.1 Å². The fourth-order valence-corrected chi connectivity index (χ4v) is 6.56. The maximum Gasteiger partial charge on any atom is 0.254 e. The van der Waals surface area contributed by atoms with E-state index in [0.29, 0.717) is 17.1 Å². The van der Waals surface area contributed by atoms with E-state index in [-0.39, 0.29) is 25.5 Å². The van der Waals surface area contributed by atoms with Gasteiger partial charge in [-0.05, 0) is 92.4 Å². The summed E-state index contributed by atoms with van der Waals surface area (Å²) in [5.41, 5.74) is 4.20. The van der Waals surface area contributed by atoms with Crippen LogP contribution in [0.1, 0.15) is 36.0 Å². The van der Waals surface area contributed by atoms with Gasteiger partial charge in [-0.15, -0.1) is 0 Å². The molecule has 8 rings (SSSR count). The molecule has 9 nitrogen and oxygen atoms in total. The van der Waals surface area contributed by atoms with Gasteiger partial charge in [0, 0.05) is 36.3 Å². The van der Waals surface area contributed by atoms with Crippen molar-refractivity contribution in [2.24, 2.45) is 0 Å². The Morgan fingerprint density at radius 1 is 0.786 bits per heavy atom. The lowest BCUT2D eigenvalue weighted by molar-refractivity contribution is 0.0710. The van der Waals surface area contributed by atoms with Crippen molar-refractivity contribution in [2.45, 2.75) is 31.7 Å². The predicted octanol–water partition coefficient (Wildman–Crippen LogP) is 5.80. The van der Waals surface area contributed by atoms with Gasteiger partial charge >= 0.3 is 0 Å². The first-order valence-electron chi connectivity index (χ1n) is 14.7. The highest BCUT2D eigenvalue weighted by Gasteiger charge is 2.32. The van der Waals surface area contributed by atoms with Gasteiger partial charge in [-0.2, -0.15) is 0 Å². The van der Waals surface area contributed by atoms with E-state index in [4.69, 9.17) is 23.9 Å². The summed E-state index contributed by atoms with van der Waals surface area (Å²) < 4.78 is 22.1. The Labute approximate surface area is 243 Å². The fraction of sp³-hybridized carbons (Fsp3) is 0.333. The Kier molecular flexibility index (Phi) is 6.25. The van der Waals surface area contributed by atoms with Crippen LogP contribution in [0.2, 0.25) is 0 Å². The molecule has 4 aromatic rings. The Bertz CT molecular complexity index is 1690. The lowest BCUT2D eigenvalue weighted by atomic mass is 9.99. The van der Waals surface area contributed by atoms with Gasteiger partial charge in [0.15, 0.2) is 23.0 Å². The first-order valence-corrected chi connectivity index (χ1v) is 14.7. The zero-order valence-corrected chi connectivity index (χ0v) is 23.3. The summed E-state index contributed by atoms with van der Waals surface area (Å²) >= 11 is 0. The molecule has 0 unspecified atom stereocenters. The number of carbonyl (C=O) groups excluding carboxylic acids is 1. The largest absolute Gasteiger partial charge is 0.454 e. The number of carbonyl (C=O) groups is 1. The van der Waals surface area contributed by atoms with E-state index in [1.54, 1.807) is 0 Å². The van der Waals surface area contributed by atoms with Crippen molar-refractivity contribution in [2.75, 3.05) is 45.1 Å². The number of ether oxygens (including phenoxy) is 4. The van der Waals surface area contributed by atoms with Crippen LogP contribution >= 0.6 is 0 Å². The molecule has 1 N–H and O–H groups in total. The van der Waals surface area contributed by atoms with Crippen LogP contribution < -0.4 is 24.3 Å². The SMILES string of the molecule is O=C(c1cc(Nc2ccc3c(c2)OCO3)nc2ccc(-c3ccc4c(c3)OCO4)cc12)N1CCC[C@H]1CN1CCCC1. The summed E-state index contributed by atoms with van der Waals surface area (Å²) in [5, 5.41) is 4.23. The minimum Gasteiger partial charge on any atom is -0.454 e. The molecule has 2 saturated heterocycles. The summed E-state index contributed by atoms with van der Waals surface area (Å²) in [6.07, 6.45) is 4.55. The second-order valence-corrected chi connectivity index (χ2v) is 11.4. The molecule has 0 saturated carbocycles. The number of amides is 1. The molecule has 0 radical (unpaired) electrons. The molecule has 0 spiro atoms. The number of hydrogen-bond acceptors (Lipinski definition) is 8. The number of fused-ring (bicyclic) bond motifs is 3. The summed E-state index contributed by atoms with van der Waals surface area (Å²) in [6, 6.07) is 19.8. The van der Waals surface area contributed by atoms with Crippen molar-refractivity contribution >= 4 is 28.3 Å². The quantitative estimate of drug-likeness (QED) is 0.315. The minimum absolute atomic E-state index is 0.0562. The Morgan fingerprint density at radius 2 is 1.50 bits per heavy atom. The topological polar surface area (TPSA) is 85.4 Å². The van der Waals surface area contributed by atoms with Gasteiger partial charge in [-0.25, -0.2) is 4.98 Å². The Morgan fingerprint density at radius 3 is 2.33 bits per heavy atom. The molecule has 214 valence electrons. The molecule has 9 heteroatoms. The summed E-state index contributed by atoms with van der Waals surface area (Å²) in [5.74, 6) is 3.54. The number of aromatic nitrogens is 1. The van der Waals surface area contributed by atoms with Gasteiger partial charge in [0.1, 0.15) is 5.82 Å². The average Bonchev–Trinajstić information content (AvgIpc) is 3.84. The molecule has 1 aromatic heterocycles. The molecular weight excluding hydrogens is 532 g/mol. The molecule has 42 heavy (non-hydrogen) atoms. The lowest BCUT2D eigenvalue weighted by Gasteiger charge is -2.29. The maximum atomic E-state index is 14.4. The molecule has 0 bridgehead atoms. The second-order valence-electron chi connectivity index (χ2n) is 11.4. The normalized spacial score (nSPS) is 19.1. The molecule has 4 aliphatic heterocycles. The number of likely N-dealkylation sites (tertiary alicyclic amines) is 2. The number of nitrogens with zero attached hydrogens (tertiary/aromatic N) is 3. The van der Waals surface area contributed by atoms with Gasteiger partial charge in [-0.1, -0.05) is 12.1 Å². The molecule has 1 atom stereocenters. The van der Waals surface area contributed by atoms with Crippen molar-refractivity contribution in [3.05, 3.63) is 66.2 Å². The van der Waals surface area contributed by atoms with E-state index in [1.807, 2.05) is 54.6 Å². The molecule has 0 aliphatic carbocycles. The second kappa shape index (κ2) is 10.4. The van der Waals surface area contributed by atoms with Crippen molar-refractivity contribution < 1.29 is 23.7 Å². The van der Waals surface area contributed by atoms with Gasteiger partial charge in [0.25, 0.3) is 5.91 Å². The first kappa shape index (κ1) is 25.2. The third-order valence-electron chi connectivity index (χ3n) is 8.70. The van der Waals surface area contributed by atoms with Crippen molar-refractivity contribution in [1.82, 2.24) is 14.8 Å². The highest BCUT2D eigenvalue weighted by atomic mass is 16.7. The standard InChI is InChI=1S/C33H32N4O5/c38-33(37-13-3-4-24(37)18-36-11-1-2-12-36)26-17-32(34-23-7-10-29-31(16-23)42-20-40-29)35-27-8-5-21(14-25(26)27)22-6-9-28-30(15-22)41-19-39-28/h5-10,14-17,24H,1-4,11-13,18-20H2,(H,34,35)/t24-/m0/s1. The molecule has 5 heterocycles. The summed E-state index contributed by atoms with van der Waals surface area (Å²) in [7, 11) is 0. The summed E-state index contributed by atoms with van der Waals surface area (Å²) in [6.45, 7) is 4.41. The van der Waals surface area contributed by atoms with E-state index in [1.165, 1.54) is 12.8 Å². The lowest BCUT2D eigenvalue weighted by Crippen LogP contribution is -2.42. The highest BCUT2D eigenvalue weighted by Crippen LogP contribution is 2.38. The zero-order valence-electron chi connectivity index (χ0n) is 23.3. The minimum atomic E-state index is 0.0562. The van der Waals surface area contributed by atoms with Crippen LogP contribution in [0.4, 0.5) is 11.5 Å². The maximum absolute atomic E-state index is 14.4. The molecule has 3 aromatic carbocycles. The van der Waals surface area contributed by atoms with E-state index in [0.717, 1.165) is 84.0 Å². The molecule has 2 fully saturated rings. The Balaban J connectivity index is 1.18. The monoisotopic (exact) mass is 564 g/mol. The smallest absolute Gasteiger partial charge is 0.254 e. The average molecular weight is 565 g/mol. The van der Waals surface area contributed by atoms with E-state index < -0.39 is 0 Å². The van der Waals surface area contributed by atoms with E-state index >= 15 is 0 Å². The van der Waals surface area contributed by atoms with Crippen LogP contribution in [0.25, 0.3) is 22.0 Å². The number of nitrogens with one attached hydrogen (secondary N) is 1. The van der Waals surface area contributed by atoms with Crippen LogP contribution in [-0.2, 0) is 0 Å². The summed E-state index contributed by atoms with van der Waals surface area (Å²) in [4.78, 5) is 23.9. The van der Waals surface area contributed by atoms with Crippen molar-refractivity contribution in [3.8, 4) is 34.1 Å². The first-order chi connectivity index (χ1) is 20.7. The van der Waals surface area contributed by atoms with Crippen LogP contribution in [0.3, 0.4) is 0 Å². The number of pyridine rings is 1. The van der Waals surface area contributed by atoms with Gasteiger partial charge < -0.3 is 34.1 Å². The Hall–Kier alpha value is -4.50. The predicted molar refractivity (Wildman–Crippen MR) is 159 cm³/mol. The van der Waals surface area contributed by atoms with Crippen LogP contribution in [0.5, 0.6) is 23.0 Å². The van der Waals surface area contributed by atoms with E-state index in [2.05, 4.69) is 21.2 Å². The van der Waals surface area contributed by atoms with Gasteiger partial charge in [-0.3, -0.25) is 4.79 Å². The van der Waals surface area contributed by atoms with Crippen LogP contribution in [0.15, 0.2) is 60.7 Å². The molecular formula is C33H32N4O5. The number of anilines is 2. The van der Waals surface area contributed by atoms with Crippen LogP contribution in [-0.4, -0.2) is 66.5 Å². The van der Waals surface area contributed by atoms with Crippen molar-refractivity contribution in [3.63, 3.8) is 0 Å². The zero-order chi connectivity index (χ0) is 28.0. The highest BCUT2D eigenvalue weighted by molar-refractivity contribution is 6.08. The third kappa shape index (κ3) is 4.63. The molecule has 4 aliphatic rings. The number of hydrogen-bond donors (Lipinski definition) is 1. The van der Waals surface area contributed by atoms with Crippen LogP contribution in [0, 0.1) is 0 Å². The van der Waals surface area contributed by atoms with E-state index in [9.17, 15) is 4.79 Å². The fourth-order valence-electron chi connectivity index (χ4n) is 6.56. The van der Waals surface area contributed by atoms with Gasteiger partial charge in [0.2, 0.25) is 13.6 Å². The number of benzene rings is 3. The van der Waals surface area contributed by atoms with Crippen molar-refractivity contribution in [1.29, 1.82) is 0 Å². The molecule has 1 amide bonds.